The van der Waals surface area contributed by atoms with Gasteiger partial charge >= 0.3 is 5.97 Å². The SMILES string of the molecule is CC(C)(F)CSc1ccc(C(=O)O)cc1. The van der Waals surface area contributed by atoms with Crippen molar-refractivity contribution >= 4 is 17.7 Å². The van der Waals surface area contributed by atoms with E-state index in [2.05, 4.69) is 0 Å². The van der Waals surface area contributed by atoms with Crippen molar-refractivity contribution in [3.63, 3.8) is 0 Å². The minimum absolute atomic E-state index is 0.249. The number of benzene rings is 1. The summed E-state index contributed by atoms with van der Waals surface area (Å²) in [5.41, 5.74) is -0.963. The molecular weight excluding hydrogens is 215 g/mol. The monoisotopic (exact) mass is 228 g/mol. The number of rotatable bonds is 4. The van der Waals surface area contributed by atoms with E-state index in [-0.39, 0.29) is 5.56 Å². The van der Waals surface area contributed by atoms with Crippen molar-refractivity contribution in [2.75, 3.05) is 5.75 Å². The maximum atomic E-state index is 13.2. The molecule has 0 aliphatic heterocycles. The molecule has 0 spiro atoms. The molecule has 0 radical (unpaired) electrons. The van der Waals surface area contributed by atoms with E-state index >= 15 is 0 Å². The largest absolute Gasteiger partial charge is 0.478 e. The summed E-state index contributed by atoms with van der Waals surface area (Å²) in [6, 6.07) is 6.44. The van der Waals surface area contributed by atoms with Gasteiger partial charge in [0, 0.05) is 10.6 Å². The van der Waals surface area contributed by atoms with Crippen molar-refractivity contribution in [3.05, 3.63) is 29.8 Å². The van der Waals surface area contributed by atoms with Gasteiger partial charge in [-0.2, -0.15) is 0 Å². The van der Waals surface area contributed by atoms with E-state index in [9.17, 15) is 9.18 Å². The van der Waals surface area contributed by atoms with Crippen LogP contribution in [-0.2, 0) is 0 Å². The lowest BCUT2D eigenvalue weighted by Gasteiger charge is -2.12. The molecule has 1 rings (SSSR count). The summed E-state index contributed by atoms with van der Waals surface area (Å²) < 4.78 is 13.2. The van der Waals surface area contributed by atoms with E-state index in [0.717, 1.165) is 4.90 Å². The maximum Gasteiger partial charge on any atom is 0.335 e. The van der Waals surface area contributed by atoms with Crippen LogP contribution in [0.2, 0.25) is 0 Å². The zero-order chi connectivity index (χ0) is 11.5. The van der Waals surface area contributed by atoms with Gasteiger partial charge in [-0.3, -0.25) is 0 Å². The first-order valence-electron chi connectivity index (χ1n) is 4.53. The molecule has 0 saturated heterocycles. The van der Waals surface area contributed by atoms with Gasteiger partial charge in [-0.25, -0.2) is 9.18 Å². The van der Waals surface area contributed by atoms with Crippen LogP contribution in [0.3, 0.4) is 0 Å². The molecule has 82 valence electrons. The molecule has 0 aromatic heterocycles. The Kier molecular flexibility index (Phi) is 3.74. The van der Waals surface area contributed by atoms with Gasteiger partial charge in [0.05, 0.1) is 5.56 Å². The number of carbonyl (C=O) groups is 1. The highest BCUT2D eigenvalue weighted by molar-refractivity contribution is 7.99. The summed E-state index contributed by atoms with van der Waals surface area (Å²) in [7, 11) is 0. The minimum atomic E-state index is -1.21. The molecule has 0 amide bonds. The van der Waals surface area contributed by atoms with E-state index in [1.165, 1.54) is 37.7 Å². The van der Waals surface area contributed by atoms with Crippen molar-refractivity contribution in [1.29, 1.82) is 0 Å². The van der Waals surface area contributed by atoms with Crippen LogP contribution in [-0.4, -0.2) is 22.5 Å². The fraction of sp³-hybridized carbons (Fsp3) is 0.364. The Hall–Kier alpha value is -1.03. The van der Waals surface area contributed by atoms with Crippen LogP contribution in [0, 0.1) is 0 Å². The third-order valence-electron chi connectivity index (χ3n) is 1.68. The van der Waals surface area contributed by atoms with E-state index < -0.39 is 11.6 Å². The number of carboxylic acid groups (broad SMARTS) is 1. The normalized spacial score (nSPS) is 11.4. The van der Waals surface area contributed by atoms with Gasteiger partial charge in [0.2, 0.25) is 0 Å². The zero-order valence-electron chi connectivity index (χ0n) is 8.66. The van der Waals surface area contributed by atoms with Crippen LogP contribution in [0.4, 0.5) is 4.39 Å². The highest BCUT2D eigenvalue weighted by Gasteiger charge is 2.15. The molecule has 2 nitrogen and oxygen atoms in total. The van der Waals surface area contributed by atoms with E-state index in [1.54, 1.807) is 12.1 Å². The maximum absolute atomic E-state index is 13.2. The Labute approximate surface area is 92.5 Å². The van der Waals surface area contributed by atoms with Crippen LogP contribution in [0.1, 0.15) is 24.2 Å². The number of hydrogen-bond acceptors (Lipinski definition) is 2. The summed E-state index contributed by atoms with van der Waals surface area (Å²) in [6.45, 7) is 3.04. The third-order valence-corrected chi connectivity index (χ3v) is 3.12. The van der Waals surface area contributed by atoms with Crippen LogP contribution in [0.5, 0.6) is 0 Å². The van der Waals surface area contributed by atoms with E-state index in [1.807, 2.05) is 0 Å². The molecule has 0 aliphatic carbocycles. The number of halogens is 1. The summed E-state index contributed by atoms with van der Waals surface area (Å²) in [4.78, 5) is 11.4. The van der Waals surface area contributed by atoms with Gasteiger partial charge in [-0.15, -0.1) is 11.8 Å². The molecule has 0 heterocycles. The number of carboxylic acids is 1. The number of hydrogen-bond donors (Lipinski definition) is 1. The fourth-order valence-corrected chi connectivity index (χ4v) is 1.79. The van der Waals surface area contributed by atoms with Gasteiger partial charge in [-0.1, -0.05) is 0 Å². The molecule has 1 aromatic rings. The Morgan fingerprint density at radius 2 is 1.93 bits per heavy atom. The van der Waals surface area contributed by atoms with Crippen molar-refractivity contribution in [2.45, 2.75) is 24.4 Å². The van der Waals surface area contributed by atoms with E-state index in [0.29, 0.717) is 5.75 Å². The third kappa shape index (κ3) is 4.34. The zero-order valence-corrected chi connectivity index (χ0v) is 9.47. The van der Waals surface area contributed by atoms with Gasteiger partial charge in [0.15, 0.2) is 0 Å². The van der Waals surface area contributed by atoms with Crippen LogP contribution >= 0.6 is 11.8 Å². The number of alkyl halides is 1. The van der Waals surface area contributed by atoms with Gasteiger partial charge < -0.3 is 5.11 Å². The topological polar surface area (TPSA) is 37.3 Å². The van der Waals surface area contributed by atoms with Crippen molar-refractivity contribution in [1.82, 2.24) is 0 Å². The molecule has 1 aromatic carbocycles. The molecule has 0 bridgehead atoms. The first-order chi connectivity index (χ1) is 6.88. The van der Waals surface area contributed by atoms with Crippen LogP contribution in [0.25, 0.3) is 0 Å². The number of thioether (sulfide) groups is 1. The molecule has 1 N–H and O–H groups in total. The summed E-state index contributed by atoms with van der Waals surface area (Å²) in [6.07, 6.45) is 0. The average molecular weight is 228 g/mol. The molecule has 15 heavy (non-hydrogen) atoms. The van der Waals surface area contributed by atoms with Crippen molar-refractivity contribution in [3.8, 4) is 0 Å². The Morgan fingerprint density at radius 3 is 2.33 bits per heavy atom. The molecular formula is C11H13FO2S. The first-order valence-corrected chi connectivity index (χ1v) is 5.52. The number of aromatic carboxylic acids is 1. The summed E-state index contributed by atoms with van der Waals surface area (Å²) in [5, 5.41) is 8.67. The lowest BCUT2D eigenvalue weighted by molar-refractivity contribution is 0.0697. The molecule has 4 heteroatoms. The second-order valence-electron chi connectivity index (χ2n) is 3.84. The summed E-state index contributed by atoms with van der Waals surface area (Å²) in [5.74, 6) is -0.586. The predicted molar refractivity (Wildman–Crippen MR) is 59.3 cm³/mol. The van der Waals surface area contributed by atoms with Crippen LogP contribution < -0.4 is 0 Å². The highest BCUT2D eigenvalue weighted by atomic mass is 32.2. The highest BCUT2D eigenvalue weighted by Crippen LogP contribution is 2.24. The average Bonchev–Trinajstić information content (AvgIpc) is 2.14. The molecule has 0 fully saturated rings. The van der Waals surface area contributed by atoms with Crippen molar-refractivity contribution < 1.29 is 14.3 Å². The molecule has 0 aliphatic rings. The standard InChI is InChI=1S/C11H13FO2S/c1-11(2,12)7-15-9-5-3-8(4-6-9)10(13)14/h3-6H,7H2,1-2H3,(H,13,14). The lowest BCUT2D eigenvalue weighted by Crippen LogP contribution is -2.14. The molecule has 0 atom stereocenters. The second kappa shape index (κ2) is 4.66. The molecule has 0 unspecified atom stereocenters. The van der Waals surface area contributed by atoms with Crippen LogP contribution in [0.15, 0.2) is 29.2 Å². The van der Waals surface area contributed by atoms with E-state index in [4.69, 9.17) is 5.11 Å². The lowest BCUT2D eigenvalue weighted by atomic mass is 10.2. The van der Waals surface area contributed by atoms with Gasteiger partial charge in [0.1, 0.15) is 5.67 Å². The minimum Gasteiger partial charge on any atom is -0.478 e. The quantitative estimate of drug-likeness (QED) is 0.804. The van der Waals surface area contributed by atoms with Gasteiger partial charge in [0.25, 0.3) is 0 Å². The smallest absolute Gasteiger partial charge is 0.335 e. The van der Waals surface area contributed by atoms with Crippen molar-refractivity contribution in [2.24, 2.45) is 0 Å². The predicted octanol–water partition coefficient (Wildman–Crippen LogP) is 3.23. The summed E-state index contributed by atoms with van der Waals surface area (Å²) >= 11 is 1.38. The molecule has 0 saturated carbocycles. The Morgan fingerprint density at radius 1 is 1.40 bits per heavy atom. The first kappa shape index (κ1) is 12.0. The Bertz CT molecular complexity index is 341. The fourth-order valence-electron chi connectivity index (χ4n) is 0.949. The second-order valence-corrected chi connectivity index (χ2v) is 4.89. The Balaban J connectivity index is 2.61. The van der Waals surface area contributed by atoms with Gasteiger partial charge in [-0.05, 0) is 38.1 Å².